The molecular formula is C60H40N2O. The first kappa shape index (κ1) is 36.5. The van der Waals surface area contributed by atoms with Gasteiger partial charge in [0.15, 0.2) is 0 Å². The highest BCUT2D eigenvalue weighted by atomic mass is 16.3. The second-order valence-electron chi connectivity index (χ2n) is 16.2. The van der Waals surface area contributed by atoms with Crippen molar-refractivity contribution in [1.29, 1.82) is 0 Å². The summed E-state index contributed by atoms with van der Waals surface area (Å²) < 4.78 is 8.59. The van der Waals surface area contributed by atoms with Crippen molar-refractivity contribution >= 4 is 60.8 Å². The minimum Gasteiger partial charge on any atom is -0.456 e. The first-order valence-electron chi connectivity index (χ1n) is 21.5. The maximum absolute atomic E-state index is 6.21. The van der Waals surface area contributed by atoms with E-state index < -0.39 is 0 Å². The van der Waals surface area contributed by atoms with Crippen molar-refractivity contribution in [1.82, 2.24) is 4.57 Å². The van der Waals surface area contributed by atoms with E-state index in [1.807, 2.05) is 12.1 Å². The monoisotopic (exact) mass is 804 g/mol. The Bertz CT molecular complexity index is 3550. The van der Waals surface area contributed by atoms with Gasteiger partial charge in [0.25, 0.3) is 0 Å². The summed E-state index contributed by atoms with van der Waals surface area (Å²) in [6.45, 7) is 0. The van der Waals surface area contributed by atoms with Crippen molar-refractivity contribution in [2.75, 3.05) is 4.90 Å². The minimum absolute atomic E-state index is 0.906. The van der Waals surface area contributed by atoms with E-state index in [-0.39, 0.29) is 0 Å². The van der Waals surface area contributed by atoms with E-state index in [9.17, 15) is 0 Å². The van der Waals surface area contributed by atoms with Gasteiger partial charge in [-0.15, -0.1) is 0 Å². The summed E-state index contributed by atoms with van der Waals surface area (Å²) in [6, 6.07) is 87.1. The van der Waals surface area contributed by atoms with Gasteiger partial charge in [0.1, 0.15) is 11.2 Å². The van der Waals surface area contributed by atoms with Crippen LogP contribution in [0.4, 0.5) is 17.1 Å². The fourth-order valence-corrected chi connectivity index (χ4v) is 9.29. The van der Waals surface area contributed by atoms with Crippen LogP contribution in [-0.2, 0) is 0 Å². The number of fused-ring (bicyclic) bond motifs is 6. The van der Waals surface area contributed by atoms with Crippen LogP contribution in [0.3, 0.4) is 0 Å². The molecule has 63 heavy (non-hydrogen) atoms. The van der Waals surface area contributed by atoms with Crippen molar-refractivity contribution in [3.05, 3.63) is 243 Å². The van der Waals surface area contributed by atoms with E-state index in [4.69, 9.17) is 4.42 Å². The maximum Gasteiger partial charge on any atom is 0.136 e. The van der Waals surface area contributed by atoms with Gasteiger partial charge in [0.2, 0.25) is 0 Å². The molecular weight excluding hydrogens is 765 g/mol. The summed E-state index contributed by atoms with van der Waals surface area (Å²) in [4.78, 5) is 2.35. The topological polar surface area (TPSA) is 21.3 Å². The molecule has 0 N–H and O–H groups in total. The number of furan rings is 1. The van der Waals surface area contributed by atoms with E-state index >= 15 is 0 Å². The molecule has 0 unspecified atom stereocenters. The Kier molecular flexibility index (Phi) is 8.83. The van der Waals surface area contributed by atoms with Crippen LogP contribution in [0.2, 0.25) is 0 Å². The van der Waals surface area contributed by atoms with E-state index in [0.717, 1.165) is 72.5 Å². The van der Waals surface area contributed by atoms with Crippen LogP contribution in [-0.4, -0.2) is 4.57 Å². The zero-order valence-corrected chi connectivity index (χ0v) is 34.4. The average Bonchev–Trinajstić information content (AvgIpc) is 3.91. The van der Waals surface area contributed by atoms with E-state index in [2.05, 4.69) is 240 Å². The van der Waals surface area contributed by atoms with Crippen LogP contribution in [0.5, 0.6) is 0 Å². The summed E-state index contributed by atoms with van der Waals surface area (Å²) in [6.07, 6.45) is 0. The van der Waals surface area contributed by atoms with Gasteiger partial charge in [-0.2, -0.15) is 0 Å². The van der Waals surface area contributed by atoms with Crippen molar-refractivity contribution in [3.63, 3.8) is 0 Å². The highest BCUT2D eigenvalue weighted by molar-refractivity contribution is 6.09. The van der Waals surface area contributed by atoms with Gasteiger partial charge < -0.3 is 13.9 Å². The number of para-hydroxylation sites is 3. The number of nitrogens with zero attached hydrogens (tertiary/aromatic N) is 2. The molecule has 2 aromatic heterocycles. The molecule has 3 heteroatoms. The van der Waals surface area contributed by atoms with Gasteiger partial charge in [-0.1, -0.05) is 164 Å². The van der Waals surface area contributed by atoms with Crippen molar-refractivity contribution in [2.24, 2.45) is 0 Å². The van der Waals surface area contributed by atoms with Crippen LogP contribution in [0, 0.1) is 0 Å². The fraction of sp³-hybridized carbons (Fsp3) is 0. The number of hydrogen-bond donors (Lipinski definition) is 0. The molecule has 0 saturated heterocycles. The van der Waals surface area contributed by atoms with Gasteiger partial charge in [-0.3, -0.25) is 0 Å². The molecule has 0 atom stereocenters. The third-order valence-electron chi connectivity index (χ3n) is 12.4. The molecule has 0 aliphatic heterocycles. The lowest BCUT2D eigenvalue weighted by Gasteiger charge is -2.26. The van der Waals surface area contributed by atoms with E-state index in [1.54, 1.807) is 0 Å². The molecule has 0 aliphatic rings. The maximum atomic E-state index is 6.21. The quantitative estimate of drug-likeness (QED) is 0.153. The summed E-state index contributed by atoms with van der Waals surface area (Å²) in [5.74, 6) is 0. The molecule has 0 amide bonds. The van der Waals surface area contributed by atoms with Gasteiger partial charge in [0, 0.05) is 44.3 Å². The fourth-order valence-electron chi connectivity index (χ4n) is 9.29. The number of rotatable bonds is 8. The molecule has 10 aromatic carbocycles. The molecule has 0 saturated carbocycles. The zero-order chi connectivity index (χ0) is 41.7. The normalized spacial score (nSPS) is 11.5. The van der Waals surface area contributed by atoms with Crippen molar-refractivity contribution < 1.29 is 4.42 Å². The van der Waals surface area contributed by atoms with Crippen molar-refractivity contribution in [2.45, 2.75) is 0 Å². The van der Waals surface area contributed by atoms with Crippen LogP contribution < -0.4 is 4.90 Å². The predicted octanol–water partition coefficient (Wildman–Crippen LogP) is 16.8. The Morgan fingerprint density at radius 1 is 0.270 bits per heavy atom. The number of aromatic nitrogens is 1. The lowest BCUT2D eigenvalue weighted by molar-refractivity contribution is 0.669. The lowest BCUT2D eigenvalue weighted by atomic mass is 9.99. The zero-order valence-electron chi connectivity index (χ0n) is 34.4. The van der Waals surface area contributed by atoms with Gasteiger partial charge >= 0.3 is 0 Å². The van der Waals surface area contributed by atoms with Crippen molar-refractivity contribution in [3.8, 4) is 50.2 Å². The first-order chi connectivity index (χ1) is 31.2. The third kappa shape index (κ3) is 6.55. The first-order valence-corrected chi connectivity index (χ1v) is 21.5. The Morgan fingerprint density at radius 2 is 0.714 bits per heavy atom. The Labute approximate surface area is 366 Å². The smallest absolute Gasteiger partial charge is 0.136 e. The molecule has 12 aromatic rings. The van der Waals surface area contributed by atoms with Gasteiger partial charge in [0.05, 0.1) is 11.0 Å². The van der Waals surface area contributed by atoms with Gasteiger partial charge in [-0.05, 0) is 123 Å². The summed E-state index contributed by atoms with van der Waals surface area (Å²) >= 11 is 0. The Balaban J connectivity index is 0.891. The Hall–Kier alpha value is -8.40. The molecule has 0 aliphatic carbocycles. The van der Waals surface area contributed by atoms with E-state index in [0.29, 0.717) is 0 Å². The third-order valence-corrected chi connectivity index (χ3v) is 12.4. The molecule has 0 fully saturated rings. The van der Waals surface area contributed by atoms with Crippen LogP contribution >= 0.6 is 0 Å². The molecule has 0 radical (unpaired) electrons. The SMILES string of the molecule is c1ccc(-c2ccc(N(c3ccc(-c4cccc(-n5c6ccccc6c6ccccc65)c4)cc3)c3cccc(-c4ccc(-c5ccc6c(c5)oc5ccccc56)cc4)c3)cc2)cc1. The molecule has 3 nitrogen and oxygen atoms in total. The summed E-state index contributed by atoms with van der Waals surface area (Å²) in [5, 5.41) is 4.81. The predicted molar refractivity (Wildman–Crippen MR) is 264 cm³/mol. The molecule has 2 heterocycles. The minimum atomic E-state index is 0.906. The van der Waals surface area contributed by atoms with Crippen LogP contribution in [0.15, 0.2) is 247 Å². The number of benzene rings is 10. The molecule has 0 spiro atoms. The average molecular weight is 805 g/mol. The van der Waals surface area contributed by atoms with Crippen LogP contribution in [0.1, 0.15) is 0 Å². The standard InChI is InChI=1S/C60H40N2O/c1-2-12-41(13-3-1)42-28-33-49(34-29-42)61(50-35-30-45(31-36-50)47-15-11-17-52(39-47)62-57-21-7-4-18-53(57)54-19-5-8-22-58(54)62)51-16-10-14-46(38-51)43-24-26-44(27-25-43)48-32-37-56-55-20-6-9-23-59(55)63-60(56)40-48/h1-40H. The van der Waals surface area contributed by atoms with Gasteiger partial charge in [-0.25, -0.2) is 0 Å². The lowest BCUT2D eigenvalue weighted by Crippen LogP contribution is -2.10. The largest absolute Gasteiger partial charge is 0.456 e. The highest BCUT2D eigenvalue weighted by Gasteiger charge is 2.16. The van der Waals surface area contributed by atoms with Crippen LogP contribution in [0.25, 0.3) is 93.9 Å². The molecule has 296 valence electrons. The number of anilines is 3. The van der Waals surface area contributed by atoms with E-state index in [1.165, 1.54) is 38.5 Å². The molecule has 0 bridgehead atoms. The number of hydrogen-bond acceptors (Lipinski definition) is 2. The second kappa shape index (κ2) is 15.3. The summed E-state index contributed by atoms with van der Waals surface area (Å²) in [5.41, 5.74) is 17.9. The molecule has 12 rings (SSSR count). The highest BCUT2D eigenvalue weighted by Crippen LogP contribution is 2.40. The summed E-state index contributed by atoms with van der Waals surface area (Å²) in [7, 11) is 0. The Morgan fingerprint density at radius 3 is 1.37 bits per heavy atom. The second-order valence-corrected chi connectivity index (χ2v) is 16.2.